The SMILES string of the molecule is Cc1c(C(=O)N(C)CC2Cc3ccccc3CN2C)sc2ncn(C)c(=O)c12. The normalized spacial score (nSPS) is 16.9. The number of aromatic nitrogens is 2. The third-order valence-corrected chi connectivity index (χ3v) is 6.84. The van der Waals surface area contributed by atoms with Gasteiger partial charge in [0.25, 0.3) is 11.5 Å². The second-order valence-electron chi connectivity index (χ2n) is 7.62. The van der Waals surface area contributed by atoms with E-state index in [2.05, 4.69) is 41.2 Å². The van der Waals surface area contributed by atoms with Gasteiger partial charge in [-0.2, -0.15) is 0 Å². The van der Waals surface area contributed by atoms with Crippen molar-refractivity contribution < 1.29 is 4.79 Å². The molecule has 0 N–H and O–H groups in total. The summed E-state index contributed by atoms with van der Waals surface area (Å²) in [4.78, 5) is 35.2. The summed E-state index contributed by atoms with van der Waals surface area (Å²) in [7, 11) is 5.62. The van der Waals surface area contributed by atoms with Gasteiger partial charge < -0.3 is 9.47 Å². The number of likely N-dealkylation sites (N-methyl/N-ethyl adjacent to an activating group) is 2. The molecule has 1 amide bonds. The van der Waals surface area contributed by atoms with Crippen LogP contribution in [0.3, 0.4) is 0 Å². The van der Waals surface area contributed by atoms with Crippen molar-refractivity contribution in [1.82, 2.24) is 19.4 Å². The fourth-order valence-corrected chi connectivity index (χ4v) is 5.04. The average Bonchev–Trinajstić information content (AvgIpc) is 3.01. The maximum atomic E-state index is 13.1. The quantitative estimate of drug-likeness (QED) is 0.682. The third kappa shape index (κ3) is 3.14. The van der Waals surface area contributed by atoms with Gasteiger partial charge in [-0.1, -0.05) is 24.3 Å². The lowest BCUT2D eigenvalue weighted by Gasteiger charge is -2.36. The lowest BCUT2D eigenvalue weighted by molar-refractivity contribution is 0.0737. The van der Waals surface area contributed by atoms with Gasteiger partial charge in [-0.3, -0.25) is 14.5 Å². The Hall–Kier alpha value is -2.51. The molecule has 3 aromatic rings. The summed E-state index contributed by atoms with van der Waals surface area (Å²) in [5, 5.41) is 0.551. The van der Waals surface area contributed by atoms with Crippen LogP contribution in [0.2, 0.25) is 0 Å². The Morgan fingerprint density at radius 2 is 2.00 bits per heavy atom. The molecule has 1 aliphatic rings. The largest absolute Gasteiger partial charge is 0.339 e. The molecular formula is C21H24N4O2S. The Kier molecular flexibility index (Phi) is 4.81. The molecule has 146 valence electrons. The molecule has 1 unspecified atom stereocenters. The molecule has 1 atom stereocenters. The molecular weight excluding hydrogens is 372 g/mol. The van der Waals surface area contributed by atoms with Gasteiger partial charge in [-0.05, 0) is 37.1 Å². The van der Waals surface area contributed by atoms with Gasteiger partial charge in [0.2, 0.25) is 0 Å². The van der Waals surface area contributed by atoms with Crippen molar-refractivity contribution in [3.05, 3.63) is 62.5 Å². The van der Waals surface area contributed by atoms with Crippen molar-refractivity contribution in [1.29, 1.82) is 0 Å². The number of benzene rings is 1. The van der Waals surface area contributed by atoms with Crippen molar-refractivity contribution in [3.63, 3.8) is 0 Å². The van der Waals surface area contributed by atoms with Gasteiger partial charge in [-0.25, -0.2) is 4.98 Å². The third-order valence-electron chi connectivity index (χ3n) is 5.65. The molecule has 3 heterocycles. The number of aryl methyl sites for hydroxylation is 2. The van der Waals surface area contributed by atoms with Crippen LogP contribution in [0.5, 0.6) is 0 Å². The van der Waals surface area contributed by atoms with Crippen LogP contribution in [0, 0.1) is 6.92 Å². The summed E-state index contributed by atoms with van der Waals surface area (Å²) in [6, 6.07) is 8.76. The molecule has 0 saturated carbocycles. The Labute approximate surface area is 168 Å². The van der Waals surface area contributed by atoms with E-state index in [4.69, 9.17) is 0 Å². The van der Waals surface area contributed by atoms with Crippen LogP contribution in [0.15, 0.2) is 35.4 Å². The number of carbonyl (C=O) groups is 1. The zero-order valence-electron chi connectivity index (χ0n) is 16.6. The van der Waals surface area contributed by atoms with Crippen molar-refractivity contribution in [2.45, 2.75) is 25.9 Å². The van der Waals surface area contributed by atoms with E-state index in [1.54, 1.807) is 11.9 Å². The summed E-state index contributed by atoms with van der Waals surface area (Å²) < 4.78 is 1.45. The topological polar surface area (TPSA) is 58.4 Å². The zero-order chi connectivity index (χ0) is 20.0. The summed E-state index contributed by atoms with van der Waals surface area (Å²) in [5.74, 6) is -0.0465. The highest BCUT2D eigenvalue weighted by Gasteiger charge is 2.27. The molecule has 7 heteroatoms. The van der Waals surface area contributed by atoms with Crippen LogP contribution in [-0.4, -0.2) is 51.9 Å². The number of hydrogen-bond acceptors (Lipinski definition) is 5. The van der Waals surface area contributed by atoms with E-state index in [0.717, 1.165) is 18.5 Å². The molecule has 0 saturated heterocycles. The van der Waals surface area contributed by atoms with Gasteiger partial charge in [0.05, 0.1) is 16.6 Å². The van der Waals surface area contributed by atoms with Crippen LogP contribution < -0.4 is 5.56 Å². The molecule has 0 fully saturated rings. The van der Waals surface area contributed by atoms with Crippen LogP contribution in [-0.2, 0) is 20.0 Å². The Balaban J connectivity index is 1.58. The first-order valence-corrected chi connectivity index (χ1v) is 10.2. The number of hydrogen-bond donors (Lipinski definition) is 0. The van der Waals surface area contributed by atoms with Crippen LogP contribution in [0.4, 0.5) is 0 Å². The van der Waals surface area contributed by atoms with Gasteiger partial charge in [0.1, 0.15) is 4.83 Å². The molecule has 6 nitrogen and oxygen atoms in total. The molecule has 1 aromatic carbocycles. The van der Waals surface area contributed by atoms with E-state index in [1.165, 1.54) is 33.4 Å². The van der Waals surface area contributed by atoms with Crippen molar-refractivity contribution in [3.8, 4) is 0 Å². The first-order valence-electron chi connectivity index (χ1n) is 9.34. The maximum absolute atomic E-state index is 13.1. The Bertz CT molecular complexity index is 1120. The minimum Gasteiger partial charge on any atom is -0.339 e. The average molecular weight is 397 g/mol. The fraction of sp³-hybridized carbons (Fsp3) is 0.381. The predicted octanol–water partition coefficient (Wildman–Crippen LogP) is 2.43. The molecule has 0 spiro atoms. The lowest BCUT2D eigenvalue weighted by atomic mass is 9.94. The van der Waals surface area contributed by atoms with Crippen molar-refractivity contribution in [2.75, 3.05) is 20.6 Å². The fourth-order valence-electron chi connectivity index (χ4n) is 3.91. The molecule has 0 bridgehead atoms. The first-order chi connectivity index (χ1) is 13.4. The highest BCUT2D eigenvalue weighted by molar-refractivity contribution is 7.20. The molecule has 2 aromatic heterocycles. The minimum absolute atomic E-state index is 0.0465. The monoisotopic (exact) mass is 396 g/mol. The van der Waals surface area contributed by atoms with Gasteiger partial charge >= 0.3 is 0 Å². The number of fused-ring (bicyclic) bond motifs is 2. The minimum atomic E-state index is -0.107. The molecule has 0 radical (unpaired) electrons. The standard InChI is InChI=1S/C21H24N4O2S/c1-13-17-19(22-12-25(4)20(17)26)28-18(13)21(27)24(3)11-16-9-14-7-5-6-8-15(14)10-23(16)2/h5-8,12,16H,9-11H2,1-4H3. The molecule has 1 aliphatic heterocycles. The van der Waals surface area contributed by atoms with Crippen molar-refractivity contribution >= 4 is 27.5 Å². The van der Waals surface area contributed by atoms with E-state index >= 15 is 0 Å². The zero-order valence-corrected chi connectivity index (χ0v) is 17.4. The number of nitrogens with zero attached hydrogens (tertiary/aromatic N) is 4. The maximum Gasteiger partial charge on any atom is 0.264 e. The lowest BCUT2D eigenvalue weighted by Crippen LogP contribution is -2.46. The summed E-state index contributed by atoms with van der Waals surface area (Å²) in [6.45, 7) is 3.37. The van der Waals surface area contributed by atoms with Crippen LogP contribution >= 0.6 is 11.3 Å². The van der Waals surface area contributed by atoms with Crippen LogP contribution in [0.25, 0.3) is 10.2 Å². The van der Waals surface area contributed by atoms with Crippen molar-refractivity contribution in [2.24, 2.45) is 7.05 Å². The number of rotatable bonds is 3. The summed E-state index contributed by atoms with van der Waals surface area (Å²) in [5.41, 5.74) is 3.34. The Morgan fingerprint density at radius 1 is 1.29 bits per heavy atom. The molecule has 28 heavy (non-hydrogen) atoms. The van der Waals surface area contributed by atoms with Crippen LogP contribution in [0.1, 0.15) is 26.4 Å². The molecule has 0 aliphatic carbocycles. The summed E-state index contributed by atoms with van der Waals surface area (Å²) >= 11 is 1.31. The summed E-state index contributed by atoms with van der Waals surface area (Å²) in [6.07, 6.45) is 2.44. The number of amides is 1. The van der Waals surface area contributed by atoms with Gasteiger partial charge in [0.15, 0.2) is 0 Å². The van der Waals surface area contributed by atoms with E-state index in [1.807, 2.05) is 14.0 Å². The van der Waals surface area contributed by atoms with E-state index in [-0.39, 0.29) is 17.5 Å². The van der Waals surface area contributed by atoms with Gasteiger partial charge in [0, 0.05) is 33.2 Å². The predicted molar refractivity (Wildman–Crippen MR) is 112 cm³/mol. The van der Waals surface area contributed by atoms with E-state index < -0.39 is 0 Å². The highest BCUT2D eigenvalue weighted by Crippen LogP contribution is 2.28. The number of thiophene rings is 1. The van der Waals surface area contributed by atoms with Gasteiger partial charge in [-0.15, -0.1) is 11.3 Å². The number of carbonyl (C=O) groups excluding carboxylic acids is 1. The van der Waals surface area contributed by atoms with E-state index in [9.17, 15) is 9.59 Å². The van der Waals surface area contributed by atoms with E-state index in [0.29, 0.717) is 21.6 Å². The Morgan fingerprint density at radius 3 is 2.75 bits per heavy atom. The smallest absolute Gasteiger partial charge is 0.264 e. The second kappa shape index (κ2) is 7.14. The first kappa shape index (κ1) is 18.8. The molecule has 4 rings (SSSR count). The second-order valence-corrected chi connectivity index (χ2v) is 8.62. The highest BCUT2D eigenvalue weighted by atomic mass is 32.1.